The van der Waals surface area contributed by atoms with E-state index in [4.69, 9.17) is 16.1 Å². The first-order valence-corrected chi connectivity index (χ1v) is 10.7. The van der Waals surface area contributed by atoms with Crippen molar-refractivity contribution in [1.29, 1.82) is 0 Å². The van der Waals surface area contributed by atoms with Gasteiger partial charge in [-0.1, -0.05) is 49.7 Å². The fraction of sp³-hybridized carbons (Fsp3) is 0.435. The van der Waals surface area contributed by atoms with E-state index in [9.17, 15) is 4.79 Å². The summed E-state index contributed by atoms with van der Waals surface area (Å²) in [5.74, 6) is 1.57. The van der Waals surface area contributed by atoms with Crippen molar-refractivity contribution in [2.75, 3.05) is 5.32 Å². The van der Waals surface area contributed by atoms with Crippen molar-refractivity contribution in [1.82, 2.24) is 14.9 Å². The maximum atomic E-state index is 12.9. The van der Waals surface area contributed by atoms with Crippen molar-refractivity contribution in [3.63, 3.8) is 0 Å². The highest BCUT2D eigenvalue weighted by Gasteiger charge is 2.34. The lowest BCUT2D eigenvalue weighted by Gasteiger charge is -2.33. The van der Waals surface area contributed by atoms with Crippen LogP contribution in [0.2, 0.25) is 5.02 Å². The molecule has 2 aromatic heterocycles. The second-order valence-electron chi connectivity index (χ2n) is 9.15. The molecule has 1 aliphatic carbocycles. The maximum Gasteiger partial charge on any atom is 0.279 e. The van der Waals surface area contributed by atoms with Crippen LogP contribution in [0, 0.1) is 18.3 Å². The minimum absolute atomic E-state index is 0.181. The van der Waals surface area contributed by atoms with Crippen LogP contribution in [0.3, 0.4) is 0 Å². The quantitative estimate of drug-likeness (QED) is 0.615. The molecule has 7 heteroatoms. The highest BCUT2D eigenvalue weighted by molar-refractivity contribution is 6.30. The number of aromatic nitrogens is 3. The van der Waals surface area contributed by atoms with Gasteiger partial charge in [-0.3, -0.25) is 9.48 Å². The van der Waals surface area contributed by atoms with Crippen LogP contribution in [0.4, 0.5) is 5.82 Å². The van der Waals surface area contributed by atoms with Crippen LogP contribution in [0.5, 0.6) is 0 Å². The Morgan fingerprint density at radius 3 is 2.73 bits per heavy atom. The molecule has 3 aromatic rings. The second-order valence-corrected chi connectivity index (χ2v) is 9.58. The summed E-state index contributed by atoms with van der Waals surface area (Å²) >= 11 is 5.96. The van der Waals surface area contributed by atoms with E-state index in [-0.39, 0.29) is 11.3 Å². The number of aryl methyl sites for hydroxylation is 2. The molecule has 0 spiro atoms. The Hall–Kier alpha value is -2.60. The molecule has 4 rings (SSSR count). The van der Waals surface area contributed by atoms with Crippen molar-refractivity contribution in [2.45, 2.75) is 53.5 Å². The van der Waals surface area contributed by atoms with Gasteiger partial charge in [0.05, 0.1) is 6.54 Å². The van der Waals surface area contributed by atoms with E-state index in [0.717, 1.165) is 41.8 Å². The Morgan fingerprint density at radius 2 is 2.03 bits per heavy atom. The Morgan fingerprint density at radius 1 is 1.30 bits per heavy atom. The molecular weight excluding hydrogens is 400 g/mol. The molecule has 1 amide bonds. The number of nitrogens with one attached hydrogen (secondary N) is 1. The molecule has 0 saturated heterocycles. The summed E-state index contributed by atoms with van der Waals surface area (Å²) in [6.07, 6.45) is 2.70. The molecule has 2 heterocycles. The summed E-state index contributed by atoms with van der Waals surface area (Å²) < 4.78 is 7.33. The van der Waals surface area contributed by atoms with Crippen molar-refractivity contribution in [3.05, 3.63) is 63.6 Å². The fourth-order valence-corrected chi connectivity index (χ4v) is 4.12. The molecular formula is C23H27ClN4O2. The fourth-order valence-electron chi connectivity index (χ4n) is 3.99. The lowest BCUT2D eigenvalue weighted by molar-refractivity contribution is 0.101. The van der Waals surface area contributed by atoms with Gasteiger partial charge in [-0.2, -0.15) is 5.10 Å². The van der Waals surface area contributed by atoms with Crippen LogP contribution >= 0.6 is 11.6 Å². The van der Waals surface area contributed by atoms with Crippen molar-refractivity contribution in [3.8, 4) is 0 Å². The summed E-state index contributed by atoms with van der Waals surface area (Å²) in [6, 6.07) is 9.51. The molecule has 1 atom stereocenters. The van der Waals surface area contributed by atoms with Gasteiger partial charge < -0.3 is 9.84 Å². The number of nitrogens with zero attached hydrogens (tertiary/aromatic N) is 3. The number of benzene rings is 1. The first-order valence-electron chi connectivity index (χ1n) is 10.3. The van der Waals surface area contributed by atoms with Crippen molar-refractivity contribution in [2.24, 2.45) is 11.3 Å². The van der Waals surface area contributed by atoms with E-state index in [1.165, 1.54) is 0 Å². The standard InChI is InChI=1S/C23H27ClN4O2/c1-14-11-20(26-28(14)13-15-5-8-17(24)9-6-15)25-22(29)21-18-12-16(23(2,3)4)7-10-19(18)30-27-21/h5-6,8-9,11,16H,7,10,12-13H2,1-4H3,(H,25,26,29). The van der Waals surface area contributed by atoms with Gasteiger partial charge in [0, 0.05) is 28.8 Å². The zero-order valence-corrected chi connectivity index (χ0v) is 18.6. The Kier molecular flexibility index (Phi) is 5.45. The molecule has 0 radical (unpaired) electrons. The third kappa shape index (κ3) is 4.29. The van der Waals surface area contributed by atoms with Crippen LogP contribution in [-0.2, 0) is 19.4 Å². The summed E-state index contributed by atoms with van der Waals surface area (Å²) in [4.78, 5) is 12.9. The number of hydrogen-bond donors (Lipinski definition) is 1. The number of halogens is 1. The predicted octanol–water partition coefficient (Wildman–Crippen LogP) is 5.28. The van der Waals surface area contributed by atoms with Crippen LogP contribution < -0.4 is 5.32 Å². The molecule has 30 heavy (non-hydrogen) atoms. The van der Waals surface area contributed by atoms with Gasteiger partial charge in [0.15, 0.2) is 11.5 Å². The average molecular weight is 427 g/mol. The zero-order valence-electron chi connectivity index (χ0n) is 17.8. The zero-order chi connectivity index (χ0) is 21.5. The molecule has 0 fully saturated rings. The third-order valence-corrected chi connectivity index (χ3v) is 6.20. The van der Waals surface area contributed by atoms with Gasteiger partial charge in [0.25, 0.3) is 5.91 Å². The molecule has 158 valence electrons. The minimum Gasteiger partial charge on any atom is -0.360 e. The highest BCUT2D eigenvalue weighted by Crippen LogP contribution is 2.38. The Labute approximate surface area is 181 Å². The number of anilines is 1. The normalized spacial score (nSPS) is 16.4. The monoisotopic (exact) mass is 426 g/mol. The molecule has 0 aliphatic heterocycles. The summed E-state index contributed by atoms with van der Waals surface area (Å²) in [7, 11) is 0. The highest BCUT2D eigenvalue weighted by atomic mass is 35.5. The van der Waals surface area contributed by atoms with Gasteiger partial charge in [-0.15, -0.1) is 0 Å². The van der Waals surface area contributed by atoms with Gasteiger partial charge >= 0.3 is 0 Å². The number of rotatable bonds is 4. The number of carbonyl (C=O) groups excluding carboxylic acids is 1. The SMILES string of the molecule is Cc1cc(NC(=O)c2noc3c2CC(C(C)(C)C)CC3)nn1Cc1ccc(Cl)cc1. The van der Waals surface area contributed by atoms with Crippen LogP contribution in [0.15, 0.2) is 34.9 Å². The van der Waals surface area contributed by atoms with E-state index in [0.29, 0.717) is 29.0 Å². The van der Waals surface area contributed by atoms with Crippen LogP contribution in [0.1, 0.15) is 60.3 Å². The lowest BCUT2D eigenvalue weighted by atomic mass is 9.71. The maximum absolute atomic E-state index is 12.9. The lowest BCUT2D eigenvalue weighted by Crippen LogP contribution is -2.27. The number of amides is 1. The number of fused-ring (bicyclic) bond motifs is 1. The van der Waals surface area contributed by atoms with Crippen LogP contribution in [-0.4, -0.2) is 20.8 Å². The van der Waals surface area contributed by atoms with Crippen LogP contribution in [0.25, 0.3) is 0 Å². The van der Waals surface area contributed by atoms with Gasteiger partial charge in [-0.25, -0.2) is 0 Å². The second kappa shape index (κ2) is 7.91. The summed E-state index contributed by atoms with van der Waals surface area (Å²) in [6.45, 7) is 9.29. The number of carbonyl (C=O) groups is 1. The molecule has 6 nitrogen and oxygen atoms in total. The summed E-state index contributed by atoms with van der Waals surface area (Å²) in [5.41, 5.74) is 3.54. The van der Waals surface area contributed by atoms with E-state index >= 15 is 0 Å². The molecule has 0 bridgehead atoms. The third-order valence-electron chi connectivity index (χ3n) is 5.95. The summed E-state index contributed by atoms with van der Waals surface area (Å²) in [5, 5.41) is 12.2. The number of hydrogen-bond acceptors (Lipinski definition) is 4. The van der Waals surface area contributed by atoms with E-state index < -0.39 is 0 Å². The minimum atomic E-state index is -0.272. The Bertz CT molecular complexity index is 1060. The van der Waals surface area contributed by atoms with Crippen molar-refractivity contribution >= 4 is 23.3 Å². The first-order chi connectivity index (χ1) is 14.2. The largest absolute Gasteiger partial charge is 0.360 e. The predicted molar refractivity (Wildman–Crippen MR) is 117 cm³/mol. The van der Waals surface area contributed by atoms with Gasteiger partial charge in [0.2, 0.25) is 0 Å². The van der Waals surface area contributed by atoms with E-state index in [2.05, 4.69) is 36.3 Å². The molecule has 1 N–H and O–H groups in total. The van der Waals surface area contributed by atoms with Gasteiger partial charge in [-0.05, 0) is 48.8 Å². The van der Waals surface area contributed by atoms with Crippen molar-refractivity contribution < 1.29 is 9.32 Å². The first kappa shape index (κ1) is 20.7. The molecule has 1 aliphatic rings. The van der Waals surface area contributed by atoms with Gasteiger partial charge in [0.1, 0.15) is 5.76 Å². The van der Waals surface area contributed by atoms with E-state index in [1.807, 2.05) is 41.9 Å². The molecule has 1 unspecified atom stereocenters. The topological polar surface area (TPSA) is 73.0 Å². The molecule has 0 saturated carbocycles. The van der Waals surface area contributed by atoms with E-state index in [1.54, 1.807) is 0 Å². The Balaban J connectivity index is 1.49. The average Bonchev–Trinajstić information content (AvgIpc) is 3.25. The molecule has 1 aromatic carbocycles. The smallest absolute Gasteiger partial charge is 0.279 e.